The highest BCUT2D eigenvalue weighted by atomic mass is 32.2. The van der Waals surface area contributed by atoms with Crippen molar-refractivity contribution in [1.82, 2.24) is 4.90 Å². The van der Waals surface area contributed by atoms with E-state index in [-0.39, 0.29) is 18.4 Å². The Morgan fingerprint density at radius 1 is 1.24 bits per heavy atom. The standard InChI is InChI=1S/C15H18N2O3S/c18-14(16-7-9-21-10-8-16)5-6-17-12-3-1-2-4-13(12)20-11-15(17)19/h1-4H,5-11H2. The maximum Gasteiger partial charge on any atom is 0.265 e. The lowest BCUT2D eigenvalue weighted by Gasteiger charge is -2.31. The molecule has 112 valence electrons. The number of anilines is 1. The van der Waals surface area contributed by atoms with Gasteiger partial charge in [-0.15, -0.1) is 0 Å². The second-order valence-corrected chi connectivity index (χ2v) is 6.27. The fourth-order valence-electron chi connectivity index (χ4n) is 2.58. The Bertz CT molecular complexity index is 543. The molecule has 0 atom stereocenters. The molecule has 2 heterocycles. The first-order valence-electron chi connectivity index (χ1n) is 7.13. The highest BCUT2D eigenvalue weighted by molar-refractivity contribution is 7.99. The number of amides is 2. The SMILES string of the molecule is O=C(CCN1C(=O)COc2ccccc21)N1CCSCC1. The Kier molecular flexibility index (Phi) is 4.34. The van der Waals surface area contributed by atoms with Crippen molar-refractivity contribution in [2.45, 2.75) is 6.42 Å². The van der Waals surface area contributed by atoms with Gasteiger partial charge in [-0.25, -0.2) is 0 Å². The maximum atomic E-state index is 12.2. The van der Waals surface area contributed by atoms with E-state index < -0.39 is 0 Å². The Morgan fingerprint density at radius 2 is 2.00 bits per heavy atom. The minimum absolute atomic E-state index is 0.0472. The fraction of sp³-hybridized carbons (Fsp3) is 0.467. The van der Waals surface area contributed by atoms with E-state index in [1.54, 1.807) is 4.90 Å². The second kappa shape index (κ2) is 6.39. The summed E-state index contributed by atoms with van der Waals surface area (Å²) in [4.78, 5) is 27.8. The molecule has 1 aromatic carbocycles. The third kappa shape index (κ3) is 3.15. The molecule has 1 aromatic rings. The van der Waals surface area contributed by atoms with E-state index in [9.17, 15) is 9.59 Å². The van der Waals surface area contributed by atoms with Crippen molar-refractivity contribution in [2.75, 3.05) is 42.6 Å². The Hall–Kier alpha value is -1.69. The third-order valence-corrected chi connectivity index (χ3v) is 4.66. The minimum atomic E-state index is -0.0873. The number of rotatable bonds is 3. The summed E-state index contributed by atoms with van der Waals surface area (Å²) in [6, 6.07) is 7.45. The number of benzene rings is 1. The van der Waals surface area contributed by atoms with Gasteiger partial charge < -0.3 is 14.5 Å². The Balaban J connectivity index is 1.64. The first-order chi connectivity index (χ1) is 10.3. The predicted molar refractivity (Wildman–Crippen MR) is 82.8 cm³/mol. The van der Waals surface area contributed by atoms with E-state index in [0.29, 0.717) is 18.7 Å². The van der Waals surface area contributed by atoms with Crippen molar-refractivity contribution in [3.8, 4) is 5.75 Å². The Morgan fingerprint density at radius 3 is 2.81 bits per heavy atom. The zero-order chi connectivity index (χ0) is 14.7. The van der Waals surface area contributed by atoms with Crippen molar-refractivity contribution in [3.05, 3.63) is 24.3 Å². The van der Waals surface area contributed by atoms with Crippen molar-refractivity contribution in [1.29, 1.82) is 0 Å². The van der Waals surface area contributed by atoms with Gasteiger partial charge in [0.2, 0.25) is 5.91 Å². The molecule has 0 aromatic heterocycles. The summed E-state index contributed by atoms with van der Waals surface area (Å²) in [5.41, 5.74) is 0.760. The largest absolute Gasteiger partial charge is 0.482 e. The van der Waals surface area contributed by atoms with Gasteiger partial charge in [0.15, 0.2) is 6.61 Å². The van der Waals surface area contributed by atoms with Crippen LogP contribution in [0.3, 0.4) is 0 Å². The van der Waals surface area contributed by atoms with Gasteiger partial charge in [-0.2, -0.15) is 11.8 Å². The number of hydrogen-bond acceptors (Lipinski definition) is 4. The van der Waals surface area contributed by atoms with E-state index in [2.05, 4.69) is 0 Å². The maximum absolute atomic E-state index is 12.2. The molecule has 2 aliphatic heterocycles. The monoisotopic (exact) mass is 306 g/mol. The molecular formula is C15H18N2O3S. The molecule has 5 nitrogen and oxygen atoms in total. The lowest BCUT2D eigenvalue weighted by atomic mass is 10.2. The van der Waals surface area contributed by atoms with Crippen LogP contribution in [0.5, 0.6) is 5.75 Å². The lowest BCUT2D eigenvalue weighted by molar-refractivity contribution is -0.130. The lowest BCUT2D eigenvalue weighted by Crippen LogP contribution is -2.43. The van der Waals surface area contributed by atoms with Gasteiger partial charge in [-0.05, 0) is 12.1 Å². The average molecular weight is 306 g/mol. The van der Waals surface area contributed by atoms with Crippen molar-refractivity contribution < 1.29 is 14.3 Å². The molecule has 0 spiro atoms. The first kappa shape index (κ1) is 14.3. The average Bonchev–Trinajstić information content (AvgIpc) is 2.54. The van der Waals surface area contributed by atoms with Crippen LogP contribution in [0.4, 0.5) is 5.69 Å². The molecule has 2 amide bonds. The highest BCUT2D eigenvalue weighted by Gasteiger charge is 2.26. The van der Waals surface area contributed by atoms with Gasteiger partial charge >= 0.3 is 0 Å². The quantitative estimate of drug-likeness (QED) is 0.846. The van der Waals surface area contributed by atoms with Gasteiger partial charge in [0.05, 0.1) is 5.69 Å². The number of para-hydroxylation sites is 2. The van der Waals surface area contributed by atoms with Crippen LogP contribution >= 0.6 is 11.8 Å². The van der Waals surface area contributed by atoms with E-state index in [1.165, 1.54) is 0 Å². The van der Waals surface area contributed by atoms with Gasteiger partial charge in [0.25, 0.3) is 5.91 Å². The number of carbonyl (C=O) groups excluding carboxylic acids is 2. The summed E-state index contributed by atoms with van der Waals surface area (Å²) in [7, 11) is 0. The highest BCUT2D eigenvalue weighted by Crippen LogP contribution is 2.31. The van der Waals surface area contributed by atoms with Crippen LogP contribution in [0.1, 0.15) is 6.42 Å². The van der Waals surface area contributed by atoms with E-state index in [1.807, 2.05) is 40.9 Å². The molecule has 0 N–H and O–H groups in total. The fourth-order valence-corrected chi connectivity index (χ4v) is 3.48. The molecule has 3 rings (SSSR count). The molecule has 1 fully saturated rings. The van der Waals surface area contributed by atoms with Gasteiger partial charge in [-0.3, -0.25) is 9.59 Å². The molecule has 6 heteroatoms. The van der Waals surface area contributed by atoms with Crippen LogP contribution in [-0.4, -0.2) is 54.5 Å². The summed E-state index contributed by atoms with van der Waals surface area (Å²) in [5, 5.41) is 0. The predicted octanol–water partition coefficient (Wildman–Crippen LogP) is 1.38. The molecule has 0 aliphatic carbocycles. The molecule has 0 bridgehead atoms. The molecular weight excluding hydrogens is 288 g/mol. The number of ether oxygens (including phenoxy) is 1. The summed E-state index contributed by atoms with van der Waals surface area (Å²) < 4.78 is 5.40. The molecule has 0 unspecified atom stereocenters. The zero-order valence-electron chi connectivity index (χ0n) is 11.8. The summed E-state index contributed by atoms with van der Waals surface area (Å²) >= 11 is 1.88. The van der Waals surface area contributed by atoms with E-state index >= 15 is 0 Å². The van der Waals surface area contributed by atoms with E-state index in [0.717, 1.165) is 30.3 Å². The minimum Gasteiger partial charge on any atom is -0.482 e. The smallest absolute Gasteiger partial charge is 0.265 e. The van der Waals surface area contributed by atoms with Gasteiger partial charge in [0, 0.05) is 37.6 Å². The van der Waals surface area contributed by atoms with E-state index in [4.69, 9.17) is 4.74 Å². The molecule has 0 saturated carbocycles. The molecule has 0 radical (unpaired) electrons. The molecule has 1 saturated heterocycles. The van der Waals surface area contributed by atoms with Crippen LogP contribution in [0.2, 0.25) is 0 Å². The third-order valence-electron chi connectivity index (χ3n) is 3.72. The number of fused-ring (bicyclic) bond motifs is 1. The zero-order valence-corrected chi connectivity index (χ0v) is 12.6. The first-order valence-corrected chi connectivity index (χ1v) is 8.29. The number of carbonyl (C=O) groups is 2. The van der Waals surface area contributed by atoms with Crippen LogP contribution in [0, 0.1) is 0 Å². The molecule has 2 aliphatic rings. The van der Waals surface area contributed by atoms with Crippen molar-refractivity contribution >= 4 is 29.3 Å². The van der Waals surface area contributed by atoms with Crippen LogP contribution in [0.25, 0.3) is 0 Å². The van der Waals surface area contributed by atoms with Crippen molar-refractivity contribution in [3.63, 3.8) is 0 Å². The van der Waals surface area contributed by atoms with Gasteiger partial charge in [0.1, 0.15) is 5.75 Å². The summed E-state index contributed by atoms with van der Waals surface area (Å²) in [6.07, 6.45) is 0.366. The normalized spacial score (nSPS) is 18.2. The Labute approximate surface area is 128 Å². The van der Waals surface area contributed by atoms with Gasteiger partial charge in [-0.1, -0.05) is 12.1 Å². The second-order valence-electron chi connectivity index (χ2n) is 5.04. The topological polar surface area (TPSA) is 49.9 Å². The van der Waals surface area contributed by atoms with Crippen LogP contribution in [-0.2, 0) is 9.59 Å². The number of thioether (sulfide) groups is 1. The van der Waals surface area contributed by atoms with Crippen LogP contribution < -0.4 is 9.64 Å². The number of nitrogens with zero attached hydrogens (tertiary/aromatic N) is 2. The van der Waals surface area contributed by atoms with Crippen molar-refractivity contribution in [2.24, 2.45) is 0 Å². The van der Waals surface area contributed by atoms with Crippen LogP contribution in [0.15, 0.2) is 24.3 Å². The summed E-state index contributed by atoms with van der Waals surface area (Å²) in [5.74, 6) is 2.76. The molecule has 21 heavy (non-hydrogen) atoms. The number of hydrogen-bond donors (Lipinski definition) is 0. The summed E-state index contributed by atoms with van der Waals surface area (Å²) in [6.45, 7) is 2.10.